The third-order valence-corrected chi connectivity index (χ3v) is 4.76. The van der Waals surface area contributed by atoms with Gasteiger partial charge in [-0.1, -0.05) is 11.8 Å². The first kappa shape index (κ1) is 17.7. The Hall–Kier alpha value is -2.15. The third kappa shape index (κ3) is 4.92. The Morgan fingerprint density at radius 3 is 2.60 bits per heavy atom. The van der Waals surface area contributed by atoms with Crippen molar-refractivity contribution in [3.63, 3.8) is 0 Å². The Morgan fingerprint density at radius 1 is 1.20 bits per heavy atom. The Bertz CT molecular complexity index is 719. The van der Waals surface area contributed by atoms with Crippen molar-refractivity contribution < 1.29 is 13.6 Å². The zero-order valence-corrected chi connectivity index (χ0v) is 14.4. The Morgan fingerprint density at radius 2 is 1.92 bits per heavy atom. The van der Waals surface area contributed by atoms with Gasteiger partial charge < -0.3 is 10.2 Å². The number of aromatic nitrogens is 1. The number of amides is 1. The average molecular weight is 363 g/mol. The summed E-state index contributed by atoms with van der Waals surface area (Å²) in [4.78, 5) is 19.3. The van der Waals surface area contributed by atoms with Gasteiger partial charge in [-0.05, 0) is 54.8 Å². The van der Waals surface area contributed by atoms with Crippen LogP contribution in [0.25, 0.3) is 0 Å². The Kier molecular flexibility index (Phi) is 5.86. The standard InChI is InChI=1S/C18H19F2N3OS/c19-18(20)25-15-5-3-14(4-6-15)17(24)22-12-13-7-8-21-16(11-13)23-9-1-2-10-23/h3-8,11,18H,1-2,9-10,12H2,(H,22,24). The third-order valence-electron chi connectivity index (χ3n) is 4.03. The predicted molar refractivity (Wildman–Crippen MR) is 95.2 cm³/mol. The number of carbonyl (C=O) groups is 1. The fourth-order valence-corrected chi connectivity index (χ4v) is 3.26. The molecule has 0 bridgehead atoms. The van der Waals surface area contributed by atoms with Crippen LogP contribution in [0.1, 0.15) is 28.8 Å². The maximum atomic E-state index is 12.3. The van der Waals surface area contributed by atoms with E-state index >= 15 is 0 Å². The van der Waals surface area contributed by atoms with Gasteiger partial charge in [-0.25, -0.2) is 4.98 Å². The molecule has 1 aliphatic rings. The zero-order chi connectivity index (χ0) is 17.6. The first-order valence-corrected chi connectivity index (χ1v) is 9.03. The molecular weight excluding hydrogens is 344 g/mol. The van der Waals surface area contributed by atoms with E-state index in [-0.39, 0.29) is 5.91 Å². The highest BCUT2D eigenvalue weighted by atomic mass is 32.2. The van der Waals surface area contributed by atoms with E-state index in [1.807, 2.05) is 12.1 Å². The molecule has 1 aromatic heterocycles. The van der Waals surface area contributed by atoms with Gasteiger partial charge in [0.25, 0.3) is 11.7 Å². The minimum absolute atomic E-state index is 0.229. The number of anilines is 1. The van der Waals surface area contributed by atoms with Crippen molar-refractivity contribution in [3.8, 4) is 0 Å². The molecule has 0 atom stereocenters. The summed E-state index contributed by atoms with van der Waals surface area (Å²) >= 11 is 0.466. The highest BCUT2D eigenvalue weighted by Crippen LogP contribution is 2.25. The lowest BCUT2D eigenvalue weighted by molar-refractivity contribution is 0.0951. The van der Waals surface area contributed by atoms with Crippen molar-refractivity contribution in [2.75, 3.05) is 18.0 Å². The molecule has 1 aliphatic heterocycles. The minimum atomic E-state index is -2.46. The van der Waals surface area contributed by atoms with Crippen LogP contribution in [0.2, 0.25) is 0 Å². The van der Waals surface area contributed by atoms with Gasteiger partial charge in [0.1, 0.15) is 5.82 Å². The minimum Gasteiger partial charge on any atom is -0.357 e. The van der Waals surface area contributed by atoms with Crippen molar-refractivity contribution >= 4 is 23.5 Å². The first-order chi connectivity index (χ1) is 12.1. The van der Waals surface area contributed by atoms with Gasteiger partial charge in [-0.15, -0.1) is 0 Å². The molecule has 3 rings (SSSR count). The lowest BCUT2D eigenvalue weighted by atomic mass is 10.2. The molecule has 0 radical (unpaired) electrons. The summed E-state index contributed by atoms with van der Waals surface area (Å²) < 4.78 is 24.6. The van der Waals surface area contributed by atoms with Gasteiger partial charge in [0, 0.05) is 36.3 Å². The number of hydrogen-bond acceptors (Lipinski definition) is 4. The highest BCUT2D eigenvalue weighted by molar-refractivity contribution is 7.99. The summed E-state index contributed by atoms with van der Waals surface area (Å²) in [5.41, 5.74) is 1.43. The van der Waals surface area contributed by atoms with E-state index in [2.05, 4.69) is 15.2 Å². The van der Waals surface area contributed by atoms with E-state index in [1.54, 1.807) is 18.3 Å². The van der Waals surface area contributed by atoms with Crippen molar-refractivity contribution in [1.82, 2.24) is 10.3 Å². The van der Waals surface area contributed by atoms with Gasteiger partial charge in [0.2, 0.25) is 0 Å². The van der Waals surface area contributed by atoms with E-state index in [4.69, 9.17) is 0 Å². The van der Waals surface area contributed by atoms with Crippen LogP contribution < -0.4 is 10.2 Å². The fraction of sp³-hybridized carbons (Fsp3) is 0.333. The van der Waals surface area contributed by atoms with E-state index in [1.165, 1.54) is 25.0 Å². The monoisotopic (exact) mass is 363 g/mol. The van der Waals surface area contributed by atoms with Crippen LogP contribution in [-0.4, -0.2) is 29.7 Å². The van der Waals surface area contributed by atoms with Crippen LogP contribution in [0.15, 0.2) is 47.5 Å². The van der Waals surface area contributed by atoms with Crippen LogP contribution in [0.5, 0.6) is 0 Å². The van der Waals surface area contributed by atoms with Crippen molar-refractivity contribution in [3.05, 3.63) is 53.7 Å². The molecule has 1 fully saturated rings. The van der Waals surface area contributed by atoms with Gasteiger partial charge in [-0.3, -0.25) is 4.79 Å². The van der Waals surface area contributed by atoms with E-state index in [9.17, 15) is 13.6 Å². The van der Waals surface area contributed by atoms with Crippen LogP contribution >= 0.6 is 11.8 Å². The average Bonchev–Trinajstić information content (AvgIpc) is 3.15. The second kappa shape index (κ2) is 8.29. The Labute approximate surface area is 149 Å². The molecule has 2 aromatic rings. The maximum absolute atomic E-state index is 12.3. The van der Waals surface area contributed by atoms with Crippen molar-refractivity contribution in [1.29, 1.82) is 0 Å². The smallest absolute Gasteiger partial charge is 0.288 e. The SMILES string of the molecule is O=C(NCc1ccnc(N2CCCC2)c1)c1ccc(SC(F)F)cc1. The van der Waals surface area contributed by atoms with Crippen molar-refractivity contribution in [2.24, 2.45) is 0 Å². The van der Waals surface area contributed by atoms with Crippen LogP contribution in [0, 0.1) is 0 Å². The van der Waals surface area contributed by atoms with E-state index in [0.717, 1.165) is 24.5 Å². The quantitative estimate of drug-likeness (QED) is 0.790. The summed E-state index contributed by atoms with van der Waals surface area (Å²) in [5.74, 6) is -1.75. The maximum Gasteiger partial charge on any atom is 0.288 e. The van der Waals surface area contributed by atoms with E-state index < -0.39 is 5.76 Å². The number of alkyl halides is 2. The number of thioether (sulfide) groups is 1. The number of halogens is 2. The summed E-state index contributed by atoms with van der Waals surface area (Å²) in [6.07, 6.45) is 4.12. The molecule has 1 saturated heterocycles. The number of hydrogen-bond donors (Lipinski definition) is 1. The number of nitrogens with one attached hydrogen (secondary N) is 1. The summed E-state index contributed by atoms with van der Waals surface area (Å²) in [5, 5.41) is 2.85. The molecule has 1 amide bonds. The van der Waals surface area contributed by atoms with Gasteiger partial charge in [-0.2, -0.15) is 8.78 Å². The molecule has 4 nitrogen and oxygen atoms in total. The largest absolute Gasteiger partial charge is 0.357 e. The fourth-order valence-electron chi connectivity index (χ4n) is 2.76. The molecule has 132 valence electrons. The summed E-state index contributed by atoms with van der Waals surface area (Å²) in [7, 11) is 0. The normalized spacial score (nSPS) is 14.1. The van der Waals surface area contributed by atoms with Crippen LogP contribution in [0.3, 0.4) is 0 Å². The molecular formula is C18H19F2N3OS. The molecule has 1 aromatic carbocycles. The zero-order valence-electron chi connectivity index (χ0n) is 13.6. The molecule has 25 heavy (non-hydrogen) atoms. The number of nitrogens with zero attached hydrogens (tertiary/aromatic N) is 2. The van der Waals surface area contributed by atoms with Gasteiger partial charge >= 0.3 is 0 Å². The van der Waals surface area contributed by atoms with E-state index in [0.29, 0.717) is 28.8 Å². The number of pyridine rings is 1. The molecule has 0 unspecified atom stereocenters. The second-order valence-corrected chi connectivity index (χ2v) is 6.87. The molecule has 0 saturated carbocycles. The molecule has 7 heteroatoms. The molecule has 0 aliphatic carbocycles. The van der Waals surface area contributed by atoms with Crippen LogP contribution in [-0.2, 0) is 6.54 Å². The first-order valence-electron chi connectivity index (χ1n) is 8.15. The van der Waals surface area contributed by atoms with Gasteiger partial charge in [0.15, 0.2) is 0 Å². The topological polar surface area (TPSA) is 45.2 Å². The lowest BCUT2D eigenvalue weighted by Crippen LogP contribution is -2.23. The summed E-state index contributed by atoms with van der Waals surface area (Å²) in [6.45, 7) is 2.44. The lowest BCUT2D eigenvalue weighted by Gasteiger charge is -2.17. The summed E-state index contributed by atoms with van der Waals surface area (Å²) in [6, 6.07) is 10.0. The molecule has 2 heterocycles. The number of carbonyl (C=O) groups excluding carboxylic acids is 1. The molecule has 1 N–H and O–H groups in total. The highest BCUT2D eigenvalue weighted by Gasteiger charge is 2.14. The predicted octanol–water partition coefficient (Wildman–Crippen LogP) is 3.93. The van der Waals surface area contributed by atoms with Gasteiger partial charge in [0.05, 0.1) is 0 Å². The molecule has 0 spiro atoms. The number of rotatable bonds is 6. The Balaban J connectivity index is 1.57. The number of benzene rings is 1. The van der Waals surface area contributed by atoms with Crippen LogP contribution in [0.4, 0.5) is 14.6 Å². The van der Waals surface area contributed by atoms with Crippen molar-refractivity contribution in [2.45, 2.75) is 30.0 Å². The second-order valence-electron chi connectivity index (χ2n) is 5.80.